The van der Waals surface area contributed by atoms with E-state index in [2.05, 4.69) is 0 Å². The number of ether oxygens (including phenoxy) is 1. The van der Waals surface area contributed by atoms with Crippen LogP contribution in [0.2, 0.25) is 0 Å². The molecule has 1 fully saturated rings. The summed E-state index contributed by atoms with van der Waals surface area (Å²) in [6.07, 6.45) is 3.89. The van der Waals surface area contributed by atoms with Crippen molar-refractivity contribution in [3.63, 3.8) is 0 Å². The van der Waals surface area contributed by atoms with Crippen molar-refractivity contribution in [3.05, 3.63) is 0 Å². The second-order valence-corrected chi connectivity index (χ2v) is 4.08. The second-order valence-electron chi connectivity index (χ2n) is 4.08. The van der Waals surface area contributed by atoms with Gasteiger partial charge in [0.2, 0.25) is 0 Å². The number of aliphatic hydroxyl groups excluding tert-OH is 1. The van der Waals surface area contributed by atoms with E-state index in [1.165, 1.54) is 0 Å². The summed E-state index contributed by atoms with van der Waals surface area (Å²) < 4.78 is 5.17. The number of rotatable bonds is 6. The number of nitrogens with zero attached hydrogens (tertiary/aromatic N) is 1. The quantitative estimate of drug-likeness (QED) is 0.644. The fourth-order valence-electron chi connectivity index (χ4n) is 2.06. The van der Waals surface area contributed by atoms with Crippen LogP contribution >= 0.6 is 0 Å². The molecule has 1 atom stereocenters. The predicted octanol–water partition coefficient (Wildman–Crippen LogP) is 0.324. The van der Waals surface area contributed by atoms with E-state index < -0.39 is 5.97 Å². The Kier molecular flexibility index (Phi) is 6.37. The fourth-order valence-corrected chi connectivity index (χ4v) is 2.06. The van der Waals surface area contributed by atoms with Gasteiger partial charge in [0.05, 0.1) is 19.8 Å². The molecule has 0 amide bonds. The lowest BCUT2D eigenvalue weighted by atomic mass is 10.1. The highest BCUT2D eigenvalue weighted by atomic mass is 16.5. The average molecular weight is 231 g/mol. The van der Waals surface area contributed by atoms with Crippen LogP contribution in [-0.2, 0) is 9.53 Å². The first kappa shape index (κ1) is 13.4. The summed E-state index contributed by atoms with van der Waals surface area (Å²) >= 11 is 0. The largest absolute Gasteiger partial charge is 0.480 e. The Morgan fingerprint density at radius 1 is 1.31 bits per heavy atom. The van der Waals surface area contributed by atoms with Gasteiger partial charge in [0.1, 0.15) is 6.04 Å². The Bertz CT molecular complexity index is 210. The van der Waals surface area contributed by atoms with Crippen LogP contribution in [0, 0.1) is 0 Å². The van der Waals surface area contributed by atoms with E-state index in [0.29, 0.717) is 19.8 Å². The molecule has 1 unspecified atom stereocenters. The van der Waals surface area contributed by atoms with Gasteiger partial charge in [-0.1, -0.05) is 12.8 Å². The van der Waals surface area contributed by atoms with Crippen LogP contribution in [0.25, 0.3) is 0 Å². The third kappa shape index (κ3) is 4.47. The molecule has 5 nitrogen and oxygen atoms in total. The van der Waals surface area contributed by atoms with Crippen LogP contribution in [0.15, 0.2) is 0 Å². The van der Waals surface area contributed by atoms with Gasteiger partial charge in [-0.3, -0.25) is 9.69 Å². The second kappa shape index (κ2) is 7.60. The van der Waals surface area contributed by atoms with E-state index in [4.69, 9.17) is 14.9 Å². The highest BCUT2D eigenvalue weighted by molar-refractivity contribution is 5.73. The first-order valence-corrected chi connectivity index (χ1v) is 5.91. The van der Waals surface area contributed by atoms with Gasteiger partial charge in [0, 0.05) is 6.54 Å². The molecule has 0 bridgehead atoms. The van der Waals surface area contributed by atoms with Gasteiger partial charge in [-0.2, -0.15) is 0 Å². The van der Waals surface area contributed by atoms with Crippen molar-refractivity contribution in [2.45, 2.75) is 31.7 Å². The number of carbonyl (C=O) groups is 1. The summed E-state index contributed by atoms with van der Waals surface area (Å²) in [5.41, 5.74) is 0. The van der Waals surface area contributed by atoms with Crippen molar-refractivity contribution in [1.29, 1.82) is 0 Å². The van der Waals surface area contributed by atoms with Crippen LogP contribution < -0.4 is 0 Å². The topological polar surface area (TPSA) is 70.0 Å². The molecule has 1 aliphatic rings. The zero-order valence-corrected chi connectivity index (χ0v) is 9.60. The molecule has 1 aliphatic heterocycles. The number of carboxylic acid groups (broad SMARTS) is 1. The molecule has 0 aromatic heterocycles. The highest BCUT2D eigenvalue weighted by Crippen LogP contribution is 2.16. The number of aliphatic hydroxyl groups is 1. The molecule has 94 valence electrons. The predicted molar refractivity (Wildman–Crippen MR) is 59.4 cm³/mol. The SMILES string of the molecule is O=C(O)C1CCCCCN1CCOCCO. The molecule has 0 aromatic rings. The fraction of sp³-hybridized carbons (Fsp3) is 0.909. The average Bonchev–Trinajstić information content (AvgIpc) is 2.49. The first-order valence-electron chi connectivity index (χ1n) is 5.91. The van der Waals surface area contributed by atoms with Crippen molar-refractivity contribution in [3.8, 4) is 0 Å². The normalized spacial score (nSPS) is 22.9. The molecule has 1 saturated heterocycles. The van der Waals surface area contributed by atoms with E-state index >= 15 is 0 Å². The van der Waals surface area contributed by atoms with Gasteiger partial charge in [0.25, 0.3) is 0 Å². The molecular weight excluding hydrogens is 210 g/mol. The zero-order chi connectivity index (χ0) is 11.8. The van der Waals surface area contributed by atoms with Gasteiger partial charge in [-0.15, -0.1) is 0 Å². The molecule has 0 aromatic carbocycles. The van der Waals surface area contributed by atoms with Gasteiger partial charge < -0.3 is 14.9 Å². The number of hydrogen-bond acceptors (Lipinski definition) is 4. The summed E-state index contributed by atoms with van der Waals surface area (Å²) in [4.78, 5) is 13.1. The molecule has 0 spiro atoms. The maximum absolute atomic E-state index is 11.1. The van der Waals surface area contributed by atoms with Crippen molar-refractivity contribution in [1.82, 2.24) is 4.90 Å². The summed E-state index contributed by atoms with van der Waals surface area (Å²) in [7, 11) is 0. The standard InChI is InChI=1S/C11H21NO4/c13-7-9-16-8-6-12-5-3-1-2-4-10(12)11(14)15/h10,13H,1-9H2,(H,14,15). The lowest BCUT2D eigenvalue weighted by Crippen LogP contribution is -2.42. The van der Waals surface area contributed by atoms with Crippen LogP contribution in [0.1, 0.15) is 25.7 Å². The molecule has 5 heteroatoms. The van der Waals surface area contributed by atoms with Crippen molar-refractivity contribution < 1.29 is 19.7 Å². The molecule has 0 aliphatic carbocycles. The summed E-state index contributed by atoms with van der Waals surface area (Å²) in [6.45, 7) is 2.30. The van der Waals surface area contributed by atoms with E-state index in [1.54, 1.807) is 0 Å². The Morgan fingerprint density at radius 2 is 2.12 bits per heavy atom. The third-order valence-electron chi connectivity index (χ3n) is 2.91. The monoisotopic (exact) mass is 231 g/mol. The molecule has 0 radical (unpaired) electrons. The Balaban J connectivity index is 2.35. The number of hydrogen-bond donors (Lipinski definition) is 2. The third-order valence-corrected chi connectivity index (χ3v) is 2.91. The van der Waals surface area contributed by atoms with Crippen molar-refractivity contribution in [2.24, 2.45) is 0 Å². The maximum Gasteiger partial charge on any atom is 0.320 e. The van der Waals surface area contributed by atoms with Gasteiger partial charge in [0.15, 0.2) is 0 Å². The Labute approximate surface area is 96.0 Å². The van der Waals surface area contributed by atoms with Crippen molar-refractivity contribution >= 4 is 5.97 Å². The summed E-state index contributed by atoms with van der Waals surface area (Å²) in [5, 5.41) is 17.7. The van der Waals surface area contributed by atoms with Gasteiger partial charge >= 0.3 is 5.97 Å². The van der Waals surface area contributed by atoms with Gasteiger partial charge in [-0.05, 0) is 19.4 Å². The van der Waals surface area contributed by atoms with Crippen LogP contribution in [0.4, 0.5) is 0 Å². The van der Waals surface area contributed by atoms with Crippen LogP contribution in [-0.4, -0.2) is 60.0 Å². The highest BCUT2D eigenvalue weighted by Gasteiger charge is 2.26. The van der Waals surface area contributed by atoms with E-state index in [9.17, 15) is 4.79 Å². The lowest BCUT2D eigenvalue weighted by Gasteiger charge is -2.26. The van der Waals surface area contributed by atoms with Crippen molar-refractivity contribution in [2.75, 3.05) is 32.9 Å². The number of carboxylic acids is 1. The smallest absolute Gasteiger partial charge is 0.320 e. The van der Waals surface area contributed by atoms with E-state index in [0.717, 1.165) is 32.2 Å². The molecule has 0 saturated carbocycles. The number of aliphatic carboxylic acids is 1. The summed E-state index contributed by atoms with van der Waals surface area (Å²) in [5.74, 6) is -0.732. The molecule has 1 rings (SSSR count). The number of likely N-dealkylation sites (tertiary alicyclic amines) is 1. The Hall–Kier alpha value is -0.650. The first-order chi connectivity index (χ1) is 7.75. The van der Waals surface area contributed by atoms with Crippen LogP contribution in [0.5, 0.6) is 0 Å². The Morgan fingerprint density at radius 3 is 2.81 bits per heavy atom. The minimum atomic E-state index is -0.732. The summed E-state index contributed by atoms with van der Waals surface area (Å²) in [6, 6.07) is -0.361. The van der Waals surface area contributed by atoms with Gasteiger partial charge in [-0.25, -0.2) is 0 Å². The lowest BCUT2D eigenvalue weighted by molar-refractivity contribution is -0.143. The molecule has 1 heterocycles. The van der Waals surface area contributed by atoms with Crippen LogP contribution in [0.3, 0.4) is 0 Å². The molecule has 16 heavy (non-hydrogen) atoms. The molecule has 2 N–H and O–H groups in total. The van der Waals surface area contributed by atoms with E-state index in [-0.39, 0.29) is 12.6 Å². The maximum atomic E-state index is 11.1. The zero-order valence-electron chi connectivity index (χ0n) is 9.60. The minimum Gasteiger partial charge on any atom is -0.480 e. The minimum absolute atomic E-state index is 0.0162. The molecular formula is C11H21NO4. The van der Waals surface area contributed by atoms with E-state index in [1.807, 2.05) is 4.90 Å².